The number of anilines is 4. The van der Waals surface area contributed by atoms with Gasteiger partial charge in [0, 0.05) is 29.7 Å². The lowest BCUT2D eigenvalue weighted by Gasteiger charge is -2.15. The molecule has 0 aliphatic heterocycles. The molecule has 174 valence electrons. The van der Waals surface area contributed by atoms with Crippen LogP contribution in [0.15, 0.2) is 54.7 Å². The Morgan fingerprint density at radius 3 is 2.18 bits per heavy atom. The van der Waals surface area contributed by atoms with Crippen LogP contribution in [-0.4, -0.2) is 14.9 Å². The van der Waals surface area contributed by atoms with Crippen LogP contribution >= 0.6 is 0 Å². The van der Waals surface area contributed by atoms with Gasteiger partial charge in [-0.1, -0.05) is 38.3 Å². The largest absolute Gasteiger partial charge is 0.421 e. The van der Waals surface area contributed by atoms with E-state index < -0.39 is 22.5 Å². The van der Waals surface area contributed by atoms with Gasteiger partial charge >= 0.3 is 6.18 Å². The molecule has 0 amide bonds. The van der Waals surface area contributed by atoms with E-state index in [-0.39, 0.29) is 11.6 Å². The fourth-order valence-corrected chi connectivity index (χ4v) is 3.19. The third-order valence-corrected chi connectivity index (χ3v) is 4.96. The van der Waals surface area contributed by atoms with E-state index in [9.17, 15) is 23.3 Å². The molecule has 0 radical (unpaired) electrons. The summed E-state index contributed by atoms with van der Waals surface area (Å²) < 4.78 is 40.5. The van der Waals surface area contributed by atoms with Crippen molar-refractivity contribution in [1.82, 2.24) is 9.97 Å². The lowest BCUT2D eigenvalue weighted by molar-refractivity contribution is -0.384. The summed E-state index contributed by atoms with van der Waals surface area (Å²) in [5.74, 6) is -0.468. The van der Waals surface area contributed by atoms with Gasteiger partial charge in [0.05, 0.1) is 4.92 Å². The van der Waals surface area contributed by atoms with Crippen LogP contribution in [0.4, 0.5) is 42.0 Å². The molecule has 0 fully saturated rings. The first-order valence-electron chi connectivity index (χ1n) is 10.6. The molecule has 0 aliphatic carbocycles. The Labute approximate surface area is 189 Å². The van der Waals surface area contributed by atoms with Gasteiger partial charge < -0.3 is 10.6 Å². The van der Waals surface area contributed by atoms with Crippen molar-refractivity contribution in [3.63, 3.8) is 0 Å². The molecule has 0 spiro atoms. The van der Waals surface area contributed by atoms with Crippen LogP contribution < -0.4 is 10.6 Å². The van der Waals surface area contributed by atoms with Crippen molar-refractivity contribution in [2.75, 3.05) is 10.6 Å². The summed E-state index contributed by atoms with van der Waals surface area (Å²) in [6, 6.07) is 12.6. The normalized spacial score (nSPS) is 11.3. The topological polar surface area (TPSA) is 93.0 Å². The Morgan fingerprint density at radius 1 is 0.939 bits per heavy atom. The summed E-state index contributed by atoms with van der Waals surface area (Å²) >= 11 is 0. The molecule has 0 aliphatic rings. The number of unbranched alkanes of at least 4 members (excludes halogenated alkanes) is 3. The predicted molar refractivity (Wildman–Crippen MR) is 121 cm³/mol. The van der Waals surface area contributed by atoms with Gasteiger partial charge in [0.25, 0.3) is 5.69 Å². The number of hydrogen-bond acceptors (Lipinski definition) is 6. The molecule has 1 aromatic heterocycles. The number of halogens is 3. The molecule has 0 saturated heterocycles. The minimum atomic E-state index is -4.65. The average molecular weight is 459 g/mol. The van der Waals surface area contributed by atoms with E-state index in [0.717, 1.165) is 31.2 Å². The van der Waals surface area contributed by atoms with Crippen molar-refractivity contribution >= 4 is 28.8 Å². The lowest BCUT2D eigenvalue weighted by atomic mass is 10.1. The molecular weight excluding hydrogens is 435 g/mol. The number of alkyl halides is 3. The van der Waals surface area contributed by atoms with Crippen molar-refractivity contribution in [3.8, 4) is 0 Å². The highest BCUT2D eigenvalue weighted by atomic mass is 19.4. The van der Waals surface area contributed by atoms with Crippen LogP contribution in [0.5, 0.6) is 0 Å². The molecule has 3 rings (SSSR count). The summed E-state index contributed by atoms with van der Waals surface area (Å²) in [6.07, 6.45) is 1.54. The Hall–Kier alpha value is -3.69. The number of nitro groups is 1. The smallest absolute Gasteiger partial charge is 0.340 e. The quantitative estimate of drug-likeness (QED) is 0.192. The van der Waals surface area contributed by atoms with Crippen molar-refractivity contribution in [1.29, 1.82) is 0 Å². The number of aromatic nitrogens is 2. The zero-order valence-electron chi connectivity index (χ0n) is 18.0. The minimum Gasteiger partial charge on any atom is -0.340 e. The second-order valence-corrected chi connectivity index (χ2v) is 7.52. The molecule has 10 heteroatoms. The van der Waals surface area contributed by atoms with Gasteiger partial charge in [0.15, 0.2) is 0 Å². The predicted octanol–water partition coefficient (Wildman–Crippen LogP) is 7.01. The fraction of sp³-hybridized carbons (Fsp3) is 0.304. The average Bonchev–Trinajstić information content (AvgIpc) is 2.77. The van der Waals surface area contributed by atoms with Gasteiger partial charge in [-0.2, -0.15) is 18.2 Å². The van der Waals surface area contributed by atoms with E-state index >= 15 is 0 Å². The van der Waals surface area contributed by atoms with Crippen molar-refractivity contribution in [2.45, 2.75) is 45.2 Å². The molecule has 0 bridgehead atoms. The van der Waals surface area contributed by atoms with Gasteiger partial charge in [-0.15, -0.1) is 0 Å². The molecule has 2 aromatic carbocycles. The Bertz CT molecular complexity index is 1070. The minimum absolute atomic E-state index is 0.0769. The number of aryl methyl sites for hydroxylation is 1. The number of nitro benzene ring substituents is 1. The molecule has 0 unspecified atom stereocenters. The maximum absolute atomic E-state index is 13.5. The monoisotopic (exact) mass is 459 g/mol. The molecule has 0 saturated carbocycles. The molecule has 7 nitrogen and oxygen atoms in total. The number of non-ortho nitro benzene ring substituents is 1. The van der Waals surface area contributed by atoms with Crippen molar-refractivity contribution < 1.29 is 18.1 Å². The molecular formula is C23H24F3N5O2. The summed E-state index contributed by atoms with van der Waals surface area (Å²) in [6.45, 7) is 2.15. The number of nitrogens with one attached hydrogen (secondary N) is 2. The Kier molecular flexibility index (Phi) is 7.81. The van der Waals surface area contributed by atoms with E-state index in [2.05, 4.69) is 27.5 Å². The summed E-state index contributed by atoms with van der Waals surface area (Å²) in [4.78, 5) is 18.0. The van der Waals surface area contributed by atoms with Crippen LogP contribution in [-0.2, 0) is 12.6 Å². The summed E-state index contributed by atoms with van der Waals surface area (Å²) in [7, 11) is 0. The highest BCUT2D eigenvalue weighted by molar-refractivity contribution is 5.63. The number of hydrogen-bond donors (Lipinski definition) is 2. The van der Waals surface area contributed by atoms with E-state index in [1.807, 2.05) is 12.1 Å². The second-order valence-electron chi connectivity index (χ2n) is 7.52. The van der Waals surface area contributed by atoms with Gasteiger partial charge in [-0.3, -0.25) is 10.1 Å². The van der Waals surface area contributed by atoms with Gasteiger partial charge in [-0.25, -0.2) is 4.98 Å². The molecule has 2 N–H and O–H groups in total. The molecule has 33 heavy (non-hydrogen) atoms. The molecule has 3 aromatic rings. The highest BCUT2D eigenvalue weighted by Crippen LogP contribution is 2.35. The number of rotatable bonds is 10. The standard InChI is InChI=1S/C23H24F3N5O2/c1-2-3-4-5-6-16-7-9-17(10-8-16)28-21-20(23(24,25)26)15-27-22(30-21)29-18-11-13-19(14-12-18)31(32)33/h7-15H,2-6H2,1H3,(H2,27,28,29,30). The van der Waals surface area contributed by atoms with Gasteiger partial charge in [0.1, 0.15) is 11.4 Å². The summed E-state index contributed by atoms with van der Waals surface area (Å²) in [5.41, 5.74) is 0.887. The van der Waals surface area contributed by atoms with Crippen molar-refractivity contribution in [2.24, 2.45) is 0 Å². The second kappa shape index (κ2) is 10.8. The van der Waals surface area contributed by atoms with E-state index in [1.165, 1.54) is 30.7 Å². The Morgan fingerprint density at radius 2 is 1.58 bits per heavy atom. The van der Waals surface area contributed by atoms with E-state index in [4.69, 9.17) is 0 Å². The SMILES string of the molecule is CCCCCCc1ccc(Nc2nc(Nc3ccc([N+](=O)[O-])cc3)ncc2C(F)(F)F)cc1. The van der Waals surface area contributed by atoms with Crippen LogP contribution in [0.2, 0.25) is 0 Å². The van der Waals surface area contributed by atoms with Crippen LogP contribution in [0, 0.1) is 10.1 Å². The number of benzene rings is 2. The zero-order valence-corrected chi connectivity index (χ0v) is 18.0. The third-order valence-electron chi connectivity index (χ3n) is 4.96. The van der Waals surface area contributed by atoms with Gasteiger partial charge in [0.2, 0.25) is 5.95 Å². The highest BCUT2D eigenvalue weighted by Gasteiger charge is 2.35. The maximum atomic E-state index is 13.5. The van der Waals surface area contributed by atoms with Crippen LogP contribution in [0.25, 0.3) is 0 Å². The molecule has 0 atom stereocenters. The van der Waals surface area contributed by atoms with E-state index in [0.29, 0.717) is 17.6 Å². The van der Waals surface area contributed by atoms with Crippen LogP contribution in [0.3, 0.4) is 0 Å². The fourth-order valence-electron chi connectivity index (χ4n) is 3.19. The first-order chi connectivity index (χ1) is 15.8. The molecule has 1 heterocycles. The zero-order chi connectivity index (χ0) is 23.8. The van der Waals surface area contributed by atoms with Gasteiger partial charge in [-0.05, 0) is 42.7 Å². The Balaban J connectivity index is 1.77. The maximum Gasteiger partial charge on any atom is 0.421 e. The van der Waals surface area contributed by atoms with E-state index in [1.54, 1.807) is 12.1 Å². The first kappa shape index (κ1) is 24.0. The summed E-state index contributed by atoms with van der Waals surface area (Å²) in [5, 5.41) is 16.3. The van der Waals surface area contributed by atoms with Crippen LogP contribution in [0.1, 0.15) is 43.7 Å². The number of nitrogens with zero attached hydrogens (tertiary/aromatic N) is 3. The lowest BCUT2D eigenvalue weighted by Crippen LogP contribution is -2.12. The third kappa shape index (κ3) is 6.90. The first-order valence-corrected chi connectivity index (χ1v) is 10.6. The van der Waals surface area contributed by atoms with Crippen molar-refractivity contribution in [3.05, 3.63) is 76.0 Å².